The molecule has 0 saturated heterocycles. The van der Waals surface area contributed by atoms with E-state index in [-0.39, 0.29) is 17.3 Å². The Morgan fingerprint density at radius 3 is 2.61 bits per heavy atom. The van der Waals surface area contributed by atoms with Crippen molar-refractivity contribution >= 4 is 29.4 Å². The number of esters is 1. The average Bonchev–Trinajstić information content (AvgIpc) is 2.56. The second kappa shape index (κ2) is 7.70. The highest BCUT2D eigenvalue weighted by atomic mass is 35.5. The Bertz CT molecular complexity index is 754. The van der Waals surface area contributed by atoms with Crippen molar-refractivity contribution in [2.24, 2.45) is 0 Å². The summed E-state index contributed by atoms with van der Waals surface area (Å²) in [4.78, 5) is 28.8. The largest absolute Gasteiger partial charge is 0.462 e. The van der Waals surface area contributed by atoms with Crippen molar-refractivity contribution in [1.29, 1.82) is 0 Å². The molecule has 0 atom stereocenters. The maximum atomic E-state index is 12.6. The molecule has 1 heterocycles. The van der Waals surface area contributed by atoms with Gasteiger partial charge in [0.2, 0.25) is 0 Å². The van der Waals surface area contributed by atoms with Crippen LogP contribution in [0, 0.1) is 6.92 Å². The molecule has 0 bridgehead atoms. The van der Waals surface area contributed by atoms with Gasteiger partial charge in [0.15, 0.2) is 5.78 Å². The van der Waals surface area contributed by atoms with Gasteiger partial charge in [0.05, 0.1) is 6.61 Å². The van der Waals surface area contributed by atoms with Crippen LogP contribution in [0.2, 0.25) is 5.15 Å². The number of ether oxygens (including phenoxy) is 1. The van der Waals surface area contributed by atoms with Crippen LogP contribution in [0.25, 0.3) is 6.08 Å². The number of hydrogen-bond donors (Lipinski definition) is 0. The Labute approximate surface area is 139 Å². The first-order chi connectivity index (χ1) is 11.0. The smallest absolute Gasteiger partial charge is 0.342 e. The summed E-state index contributed by atoms with van der Waals surface area (Å²) in [5.74, 6) is -1.10. The van der Waals surface area contributed by atoms with E-state index in [9.17, 15) is 9.59 Å². The van der Waals surface area contributed by atoms with Gasteiger partial charge in [0.25, 0.3) is 0 Å². The molecule has 23 heavy (non-hydrogen) atoms. The standard InChI is InChI=1S/C18H16ClNO3/c1-3-23-18(22)15(16(21)13-7-5-4-6-8-13)10-14-9-12(2)11-20-17(14)19/h4-11H,3H2,1-2H3/b15-10+. The van der Waals surface area contributed by atoms with Gasteiger partial charge in [0.1, 0.15) is 10.7 Å². The first-order valence-electron chi connectivity index (χ1n) is 7.13. The average molecular weight is 330 g/mol. The first-order valence-corrected chi connectivity index (χ1v) is 7.51. The summed E-state index contributed by atoms with van der Waals surface area (Å²) in [6, 6.07) is 10.3. The molecule has 1 aromatic heterocycles. The number of Topliss-reactive ketones (excluding diaryl/α,β-unsaturated/α-hetero) is 1. The van der Waals surface area contributed by atoms with Gasteiger partial charge in [-0.05, 0) is 31.6 Å². The maximum absolute atomic E-state index is 12.6. The van der Waals surface area contributed by atoms with E-state index >= 15 is 0 Å². The van der Waals surface area contributed by atoms with Crippen LogP contribution in [0.5, 0.6) is 0 Å². The van der Waals surface area contributed by atoms with Gasteiger partial charge in [-0.15, -0.1) is 0 Å². The van der Waals surface area contributed by atoms with Gasteiger partial charge in [-0.25, -0.2) is 9.78 Å². The second-order valence-electron chi connectivity index (χ2n) is 4.87. The van der Waals surface area contributed by atoms with Crippen molar-refractivity contribution in [2.75, 3.05) is 6.61 Å². The maximum Gasteiger partial charge on any atom is 0.342 e. The van der Waals surface area contributed by atoms with Gasteiger partial charge in [0, 0.05) is 17.3 Å². The third kappa shape index (κ3) is 4.27. The number of carbonyl (C=O) groups is 2. The van der Waals surface area contributed by atoms with E-state index in [2.05, 4.69) is 4.98 Å². The van der Waals surface area contributed by atoms with Crippen molar-refractivity contribution in [3.63, 3.8) is 0 Å². The molecule has 0 radical (unpaired) electrons. The van der Waals surface area contributed by atoms with Crippen LogP contribution in [-0.2, 0) is 9.53 Å². The molecule has 0 aliphatic heterocycles. The van der Waals surface area contributed by atoms with Crippen molar-refractivity contribution in [3.05, 3.63) is 70.0 Å². The molecule has 0 spiro atoms. The van der Waals surface area contributed by atoms with E-state index in [1.54, 1.807) is 49.5 Å². The van der Waals surface area contributed by atoms with Gasteiger partial charge < -0.3 is 4.74 Å². The number of halogens is 1. The summed E-state index contributed by atoms with van der Waals surface area (Å²) in [7, 11) is 0. The van der Waals surface area contributed by atoms with E-state index in [0.29, 0.717) is 11.1 Å². The number of pyridine rings is 1. The summed E-state index contributed by atoms with van der Waals surface area (Å²) in [5, 5.41) is 0.221. The minimum atomic E-state index is -0.682. The number of aryl methyl sites for hydroxylation is 1. The zero-order valence-electron chi connectivity index (χ0n) is 12.9. The van der Waals surface area contributed by atoms with Gasteiger partial charge >= 0.3 is 5.97 Å². The van der Waals surface area contributed by atoms with Crippen LogP contribution < -0.4 is 0 Å². The molecule has 1 aromatic carbocycles. The molecule has 0 N–H and O–H groups in total. The second-order valence-corrected chi connectivity index (χ2v) is 5.22. The Hall–Kier alpha value is -2.46. The van der Waals surface area contributed by atoms with Crippen LogP contribution in [-0.4, -0.2) is 23.3 Å². The van der Waals surface area contributed by atoms with E-state index < -0.39 is 11.8 Å². The Balaban J connectivity index is 2.50. The molecule has 4 nitrogen and oxygen atoms in total. The molecule has 0 fully saturated rings. The minimum Gasteiger partial charge on any atom is -0.462 e. The van der Waals surface area contributed by atoms with Crippen LogP contribution in [0.4, 0.5) is 0 Å². The van der Waals surface area contributed by atoms with E-state index in [1.807, 2.05) is 6.92 Å². The van der Waals surface area contributed by atoms with Crippen molar-refractivity contribution in [2.45, 2.75) is 13.8 Å². The summed E-state index contributed by atoms with van der Waals surface area (Å²) in [5.41, 5.74) is 1.70. The van der Waals surface area contributed by atoms with E-state index in [1.165, 1.54) is 6.08 Å². The number of aromatic nitrogens is 1. The fourth-order valence-corrected chi connectivity index (χ4v) is 2.16. The highest BCUT2D eigenvalue weighted by molar-refractivity contribution is 6.32. The summed E-state index contributed by atoms with van der Waals surface area (Å²) in [6.45, 7) is 3.71. The molecule has 118 valence electrons. The van der Waals surface area contributed by atoms with E-state index in [4.69, 9.17) is 16.3 Å². The van der Waals surface area contributed by atoms with Gasteiger partial charge in [-0.1, -0.05) is 41.9 Å². The lowest BCUT2D eigenvalue weighted by Crippen LogP contribution is -2.16. The van der Waals surface area contributed by atoms with Crippen molar-refractivity contribution < 1.29 is 14.3 Å². The highest BCUT2D eigenvalue weighted by Gasteiger charge is 2.21. The Kier molecular flexibility index (Phi) is 5.66. The molecular weight excluding hydrogens is 314 g/mol. The number of rotatable bonds is 5. The van der Waals surface area contributed by atoms with Crippen LogP contribution in [0.1, 0.15) is 28.4 Å². The van der Waals surface area contributed by atoms with E-state index in [0.717, 1.165) is 5.56 Å². The minimum absolute atomic E-state index is 0.0765. The van der Waals surface area contributed by atoms with Crippen molar-refractivity contribution in [1.82, 2.24) is 4.98 Å². The monoisotopic (exact) mass is 329 g/mol. The SMILES string of the molecule is CCOC(=O)/C(=C/c1cc(C)cnc1Cl)C(=O)c1ccccc1. The number of benzene rings is 1. The number of nitrogens with zero attached hydrogens (tertiary/aromatic N) is 1. The van der Waals surface area contributed by atoms with Gasteiger partial charge in [-0.3, -0.25) is 4.79 Å². The van der Waals surface area contributed by atoms with Gasteiger partial charge in [-0.2, -0.15) is 0 Å². The summed E-state index contributed by atoms with van der Waals surface area (Å²) < 4.78 is 5.00. The molecule has 0 aliphatic rings. The lowest BCUT2D eigenvalue weighted by Gasteiger charge is -2.07. The zero-order valence-corrected chi connectivity index (χ0v) is 13.6. The Morgan fingerprint density at radius 2 is 1.96 bits per heavy atom. The van der Waals surface area contributed by atoms with Crippen LogP contribution >= 0.6 is 11.6 Å². The van der Waals surface area contributed by atoms with Crippen molar-refractivity contribution in [3.8, 4) is 0 Å². The van der Waals surface area contributed by atoms with Crippen LogP contribution in [0.15, 0.2) is 48.2 Å². The molecular formula is C18H16ClNO3. The predicted molar refractivity (Wildman–Crippen MR) is 89.4 cm³/mol. The topological polar surface area (TPSA) is 56.3 Å². The number of hydrogen-bond acceptors (Lipinski definition) is 4. The molecule has 2 aromatic rings. The quantitative estimate of drug-likeness (QED) is 0.209. The molecule has 5 heteroatoms. The Morgan fingerprint density at radius 1 is 1.26 bits per heavy atom. The lowest BCUT2D eigenvalue weighted by atomic mass is 10.0. The normalized spacial score (nSPS) is 11.2. The molecule has 0 saturated carbocycles. The molecule has 0 unspecified atom stereocenters. The lowest BCUT2D eigenvalue weighted by molar-refractivity contribution is -0.137. The fourth-order valence-electron chi connectivity index (χ4n) is 2.00. The molecule has 2 rings (SSSR count). The number of carbonyl (C=O) groups excluding carboxylic acids is 2. The summed E-state index contributed by atoms with van der Waals surface area (Å²) in [6.07, 6.45) is 3.04. The van der Waals surface area contributed by atoms with Crippen LogP contribution in [0.3, 0.4) is 0 Å². The predicted octanol–water partition coefficient (Wildman–Crippen LogP) is 3.87. The molecule has 0 amide bonds. The third-order valence-corrected chi connectivity index (χ3v) is 3.39. The number of ketones is 1. The first kappa shape index (κ1) is 16.9. The third-order valence-electron chi connectivity index (χ3n) is 3.08. The highest BCUT2D eigenvalue weighted by Crippen LogP contribution is 2.20. The zero-order chi connectivity index (χ0) is 16.8. The molecule has 0 aliphatic carbocycles. The fraction of sp³-hybridized carbons (Fsp3) is 0.167. The summed E-state index contributed by atoms with van der Waals surface area (Å²) >= 11 is 6.05.